The van der Waals surface area contributed by atoms with Gasteiger partial charge in [-0.15, -0.1) is 0 Å². The Kier molecular flexibility index (Phi) is 2.29. The summed E-state index contributed by atoms with van der Waals surface area (Å²) in [5.41, 5.74) is 2.20. The number of ether oxygens (including phenoxy) is 1. The molecule has 3 nitrogen and oxygen atoms in total. The number of aromatic nitrogens is 1. The quantitative estimate of drug-likeness (QED) is 0.695. The molecule has 1 aliphatic heterocycles. The average molecular weight is 179 g/mol. The van der Waals surface area contributed by atoms with Crippen molar-refractivity contribution in [1.29, 1.82) is 0 Å². The zero-order valence-electron chi connectivity index (χ0n) is 7.60. The molecule has 0 spiro atoms. The lowest BCUT2D eigenvalue weighted by Gasteiger charge is -2.12. The van der Waals surface area contributed by atoms with Crippen LogP contribution in [0.15, 0.2) is 18.5 Å². The fraction of sp³-hybridized carbons (Fsp3) is 0.500. The number of nitrogens with zero attached hydrogens (tertiary/aromatic N) is 1. The van der Waals surface area contributed by atoms with Gasteiger partial charge in [0.1, 0.15) is 0 Å². The smallest absolute Gasteiger partial charge is 0.0864 e. The van der Waals surface area contributed by atoms with E-state index in [-0.39, 0.29) is 12.0 Å². The second-order valence-corrected chi connectivity index (χ2v) is 3.51. The maximum atomic E-state index is 9.58. The van der Waals surface area contributed by atoms with Gasteiger partial charge in [0.25, 0.3) is 0 Å². The molecule has 3 heteroatoms. The van der Waals surface area contributed by atoms with Gasteiger partial charge < -0.3 is 9.84 Å². The van der Waals surface area contributed by atoms with Gasteiger partial charge >= 0.3 is 0 Å². The lowest BCUT2D eigenvalue weighted by atomic mass is 9.97. The van der Waals surface area contributed by atoms with Crippen LogP contribution < -0.4 is 0 Å². The summed E-state index contributed by atoms with van der Waals surface area (Å²) in [6, 6.07) is 2.05. The number of pyridine rings is 1. The molecule has 1 aromatic heterocycles. The van der Waals surface area contributed by atoms with E-state index in [9.17, 15) is 5.11 Å². The van der Waals surface area contributed by atoms with Crippen molar-refractivity contribution >= 4 is 0 Å². The van der Waals surface area contributed by atoms with Gasteiger partial charge in [0, 0.05) is 18.3 Å². The van der Waals surface area contributed by atoms with Gasteiger partial charge in [0.05, 0.1) is 19.3 Å². The van der Waals surface area contributed by atoms with Crippen LogP contribution in [-0.4, -0.2) is 29.4 Å². The van der Waals surface area contributed by atoms with Crippen molar-refractivity contribution in [1.82, 2.24) is 4.98 Å². The molecule has 2 heterocycles. The number of hydrogen-bond acceptors (Lipinski definition) is 3. The summed E-state index contributed by atoms with van der Waals surface area (Å²) in [6.45, 7) is 3.05. The second kappa shape index (κ2) is 3.44. The van der Waals surface area contributed by atoms with Crippen molar-refractivity contribution in [2.45, 2.75) is 18.9 Å². The molecule has 1 aromatic rings. The fourth-order valence-corrected chi connectivity index (χ4v) is 1.64. The van der Waals surface area contributed by atoms with E-state index in [4.69, 9.17) is 4.74 Å². The van der Waals surface area contributed by atoms with E-state index < -0.39 is 0 Å². The number of aliphatic hydroxyl groups excluding tert-OH is 1. The largest absolute Gasteiger partial charge is 0.390 e. The maximum Gasteiger partial charge on any atom is 0.0864 e. The van der Waals surface area contributed by atoms with Crippen LogP contribution in [0.25, 0.3) is 0 Å². The van der Waals surface area contributed by atoms with Gasteiger partial charge in [-0.25, -0.2) is 0 Å². The Balaban J connectivity index is 2.24. The lowest BCUT2D eigenvalue weighted by molar-refractivity contribution is 0.124. The van der Waals surface area contributed by atoms with Gasteiger partial charge in [-0.2, -0.15) is 0 Å². The highest BCUT2D eigenvalue weighted by Gasteiger charge is 2.27. The number of aryl methyl sites for hydroxylation is 1. The van der Waals surface area contributed by atoms with E-state index >= 15 is 0 Å². The third kappa shape index (κ3) is 1.71. The number of aliphatic hydroxyl groups is 1. The molecular formula is C10H13NO2. The molecule has 0 aromatic carbocycles. The van der Waals surface area contributed by atoms with Crippen LogP contribution in [0.1, 0.15) is 17.0 Å². The van der Waals surface area contributed by atoms with Crippen molar-refractivity contribution < 1.29 is 9.84 Å². The molecule has 1 saturated heterocycles. The van der Waals surface area contributed by atoms with E-state index in [1.807, 2.05) is 13.1 Å². The van der Waals surface area contributed by atoms with E-state index in [1.165, 1.54) is 0 Å². The van der Waals surface area contributed by atoms with Crippen molar-refractivity contribution in [2.24, 2.45) is 0 Å². The van der Waals surface area contributed by atoms with Gasteiger partial charge in [-0.3, -0.25) is 4.98 Å². The zero-order valence-corrected chi connectivity index (χ0v) is 7.60. The molecule has 70 valence electrons. The summed E-state index contributed by atoms with van der Waals surface area (Å²) in [7, 11) is 0. The van der Waals surface area contributed by atoms with Gasteiger partial charge in [0.2, 0.25) is 0 Å². The highest BCUT2D eigenvalue weighted by Crippen LogP contribution is 2.25. The minimum absolute atomic E-state index is 0.104. The predicted octanol–water partition coefficient (Wildman–Crippen LogP) is 0.865. The molecule has 1 aliphatic rings. The first-order chi connectivity index (χ1) is 6.27. The van der Waals surface area contributed by atoms with Crippen LogP contribution >= 0.6 is 0 Å². The van der Waals surface area contributed by atoms with Crippen LogP contribution in [0, 0.1) is 6.92 Å². The third-order valence-electron chi connectivity index (χ3n) is 2.37. The Morgan fingerprint density at radius 3 is 2.92 bits per heavy atom. The molecule has 0 radical (unpaired) electrons. The SMILES string of the molecule is Cc1cncc([C@@H]2COC[C@H]2O)c1. The van der Waals surface area contributed by atoms with Crippen LogP contribution in [0.4, 0.5) is 0 Å². The first kappa shape index (κ1) is 8.66. The zero-order chi connectivity index (χ0) is 9.26. The van der Waals surface area contributed by atoms with Gasteiger partial charge in [-0.05, 0) is 18.1 Å². The minimum Gasteiger partial charge on any atom is -0.390 e. The van der Waals surface area contributed by atoms with Crippen molar-refractivity contribution in [3.63, 3.8) is 0 Å². The van der Waals surface area contributed by atoms with Crippen LogP contribution in [-0.2, 0) is 4.74 Å². The molecule has 2 rings (SSSR count). The normalized spacial score (nSPS) is 27.8. The monoisotopic (exact) mass is 179 g/mol. The molecule has 0 unspecified atom stereocenters. The van der Waals surface area contributed by atoms with Gasteiger partial charge in [0.15, 0.2) is 0 Å². The first-order valence-corrected chi connectivity index (χ1v) is 4.45. The Hall–Kier alpha value is -0.930. The Morgan fingerprint density at radius 1 is 1.46 bits per heavy atom. The van der Waals surface area contributed by atoms with E-state index in [1.54, 1.807) is 6.20 Å². The summed E-state index contributed by atoms with van der Waals surface area (Å²) in [5.74, 6) is 0.104. The summed E-state index contributed by atoms with van der Waals surface area (Å²) in [4.78, 5) is 4.10. The lowest BCUT2D eigenvalue weighted by Crippen LogP contribution is -2.15. The number of rotatable bonds is 1. The Morgan fingerprint density at radius 2 is 2.31 bits per heavy atom. The molecule has 0 saturated carbocycles. The van der Waals surface area contributed by atoms with E-state index in [0.717, 1.165) is 11.1 Å². The Bertz CT molecular complexity index is 301. The fourth-order valence-electron chi connectivity index (χ4n) is 1.64. The molecule has 0 bridgehead atoms. The highest BCUT2D eigenvalue weighted by molar-refractivity contribution is 5.22. The molecule has 1 N–H and O–H groups in total. The van der Waals surface area contributed by atoms with Crippen LogP contribution in [0.5, 0.6) is 0 Å². The predicted molar refractivity (Wildman–Crippen MR) is 48.5 cm³/mol. The highest BCUT2D eigenvalue weighted by atomic mass is 16.5. The first-order valence-electron chi connectivity index (χ1n) is 4.45. The standard InChI is InChI=1S/C10H13NO2/c1-7-2-8(4-11-3-7)9-5-13-6-10(9)12/h2-4,9-10,12H,5-6H2,1H3/t9-,10+/m0/s1. The van der Waals surface area contributed by atoms with Crippen molar-refractivity contribution in [3.8, 4) is 0 Å². The average Bonchev–Trinajstić information content (AvgIpc) is 2.51. The Labute approximate surface area is 77.4 Å². The van der Waals surface area contributed by atoms with E-state index in [2.05, 4.69) is 11.1 Å². The van der Waals surface area contributed by atoms with Crippen LogP contribution in [0.2, 0.25) is 0 Å². The maximum absolute atomic E-state index is 9.58. The summed E-state index contributed by atoms with van der Waals surface area (Å²) in [5, 5.41) is 9.58. The summed E-state index contributed by atoms with van der Waals surface area (Å²) >= 11 is 0. The van der Waals surface area contributed by atoms with Crippen molar-refractivity contribution in [3.05, 3.63) is 29.6 Å². The topological polar surface area (TPSA) is 42.4 Å². The minimum atomic E-state index is -0.372. The number of hydrogen-bond donors (Lipinski definition) is 1. The summed E-state index contributed by atoms with van der Waals surface area (Å²) in [6.07, 6.45) is 3.24. The molecule has 13 heavy (non-hydrogen) atoms. The summed E-state index contributed by atoms with van der Waals surface area (Å²) < 4.78 is 5.19. The van der Waals surface area contributed by atoms with E-state index in [0.29, 0.717) is 13.2 Å². The molecule has 1 fully saturated rings. The third-order valence-corrected chi connectivity index (χ3v) is 2.37. The van der Waals surface area contributed by atoms with Crippen molar-refractivity contribution in [2.75, 3.05) is 13.2 Å². The second-order valence-electron chi connectivity index (χ2n) is 3.51. The van der Waals surface area contributed by atoms with Crippen LogP contribution in [0.3, 0.4) is 0 Å². The van der Waals surface area contributed by atoms with Gasteiger partial charge in [-0.1, -0.05) is 6.07 Å². The molecule has 0 aliphatic carbocycles. The molecule has 2 atom stereocenters. The molecular weight excluding hydrogens is 166 g/mol. The molecule has 0 amide bonds.